The summed E-state index contributed by atoms with van der Waals surface area (Å²) in [7, 11) is 0. The molecule has 0 saturated carbocycles. The van der Waals surface area contributed by atoms with E-state index >= 15 is 0 Å². The maximum Gasteiger partial charge on any atom is 0.142 e. The van der Waals surface area contributed by atoms with E-state index in [-0.39, 0.29) is 0 Å². The normalized spacial score (nSPS) is 10.3. The summed E-state index contributed by atoms with van der Waals surface area (Å²) in [5, 5.41) is 0. The highest BCUT2D eigenvalue weighted by Crippen LogP contribution is 2.33. The van der Waals surface area contributed by atoms with Gasteiger partial charge in [0, 0.05) is 0 Å². The van der Waals surface area contributed by atoms with Crippen LogP contribution in [0.15, 0.2) is 48.5 Å². The fourth-order valence-corrected chi connectivity index (χ4v) is 2.80. The molecule has 1 nitrogen and oxygen atoms in total. The second kappa shape index (κ2) is 6.91. The summed E-state index contributed by atoms with van der Waals surface area (Å²) in [4.78, 5) is 2.07. The Morgan fingerprint density at radius 1 is 0.900 bits per heavy atom. The van der Waals surface area contributed by atoms with Crippen LogP contribution in [0.3, 0.4) is 0 Å². The highest BCUT2D eigenvalue weighted by molar-refractivity contribution is 8.11. The minimum Gasteiger partial charge on any atom is -0.296 e. The molecule has 0 saturated heterocycles. The number of thiol groups is 1. The Morgan fingerprint density at radius 3 is 1.65 bits per heavy atom. The van der Waals surface area contributed by atoms with Crippen LogP contribution in [-0.2, 0) is 12.8 Å². The second-order valence-electron chi connectivity index (χ2n) is 4.58. The van der Waals surface area contributed by atoms with Crippen molar-refractivity contribution < 1.29 is 0 Å². The predicted molar refractivity (Wildman–Crippen MR) is 95.4 cm³/mol. The van der Waals surface area contributed by atoms with E-state index in [1.807, 2.05) is 12.1 Å². The van der Waals surface area contributed by atoms with Crippen molar-refractivity contribution in [2.24, 2.45) is 0 Å². The average Bonchev–Trinajstić information content (AvgIpc) is 2.48. The van der Waals surface area contributed by atoms with Crippen LogP contribution in [-0.4, -0.2) is 4.32 Å². The summed E-state index contributed by atoms with van der Waals surface area (Å²) in [6.45, 7) is 4.31. The molecule has 0 spiro atoms. The zero-order valence-electron chi connectivity index (χ0n) is 11.8. The van der Waals surface area contributed by atoms with Crippen molar-refractivity contribution in [3.05, 3.63) is 59.7 Å². The monoisotopic (exact) mass is 301 g/mol. The minimum absolute atomic E-state index is 0.576. The van der Waals surface area contributed by atoms with Crippen molar-refractivity contribution in [2.75, 3.05) is 4.90 Å². The van der Waals surface area contributed by atoms with Crippen molar-refractivity contribution >= 4 is 40.5 Å². The number of hydrogen-bond acceptors (Lipinski definition) is 1. The van der Waals surface area contributed by atoms with Crippen LogP contribution in [0.25, 0.3) is 0 Å². The third-order valence-electron chi connectivity index (χ3n) is 3.42. The van der Waals surface area contributed by atoms with Gasteiger partial charge in [-0.25, -0.2) is 0 Å². The highest BCUT2D eigenvalue weighted by atomic mass is 32.1. The molecule has 0 aliphatic heterocycles. The van der Waals surface area contributed by atoms with Gasteiger partial charge in [0.25, 0.3) is 0 Å². The molecule has 0 amide bonds. The van der Waals surface area contributed by atoms with E-state index in [2.05, 4.69) is 67.8 Å². The highest BCUT2D eigenvalue weighted by Gasteiger charge is 2.17. The first-order chi connectivity index (χ1) is 9.69. The molecule has 0 atom stereocenters. The van der Waals surface area contributed by atoms with Crippen LogP contribution < -0.4 is 4.90 Å². The average molecular weight is 301 g/mol. The van der Waals surface area contributed by atoms with Gasteiger partial charge in [-0.15, -0.1) is 12.6 Å². The Kier molecular flexibility index (Phi) is 5.21. The van der Waals surface area contributed by atoms with E-state index in [0.29, 0.717) is 4.32 Å². The van der Waals surface area contributed by atoms with E-state index in [4.69, 9.17) is 12.2 Å². The molecule has 20 heavy (non-hydrogen) atoms. The summed E-state index contributed by atoms with van der Waals surface area (Å²) >= 11 is 9.83. The van der Waals surface area contributed by atoms with Gasteiger partial charge in [-0.1, -0.05) is 62.5 Å². The lowest BCUT2D eigenvalue weighted by molar-refractivity contribution is 1.10. The van der Waals surface area contributed by atoms with Crippen LogP contribution in [0.1, 0.15) is 25.0 Å². The largest absolute Gasteiger partial charge is 0.296 e. The fraction of sp³-hybridized carbons (Fsp3) is 0.235. The molecule has 104 valence electrons. The standard InChI is InChI=1S/C17H19NS2/c1-3-13-9-5-7-11-15(13)18(17(19)20)16-12-8-6-10-14(16)4-2/h5-12H,3-4H2,1-2H3,(H,19,20). The molecular formula is C17H19NS2. The molecule has 0 fully saturated rings. The Hall–Kier alpha value is -1.32. The van der Waals surface area contributed by atoms with Gasteiger partial charge < -0.3 is 0 Å². The first-order valence-corrected chi connectivity index (χ1v) is 7.73. The number of thiocarbonyl (C=S) groups is 1. The van der Waals surface area contributed by atoms with Gasteiger partial charge in [-0.3, -0.25) is 4.90 Å². The van der Waals surface area contributed by atoms with Crippen LogP contribution in [0, 0.1) is 0 Å². The molecule has 2 aromatic carbocycles. The molecule has 0 aliphatic carbocycles. The number of rotatable bonds is 4. The summed E-state index contributed by atoms with van der Waals surface area (Å²) in [6, 6.07) is 16.7. The summed E-state index contributed by atoms with van der Waals surface area (Å²) in [5.41, 5.74) is 4.79. The molecule has 3 heteroatoms. The van der Waals surface area contributed by atoms with Gasteiger partial charge in [-0.05, 0) is 36.1 Å². The van der Waals surface area contributed by atoms with Gasteiger partial charge in [-0.2, -0.15) is 0 Å². The quantitative estimate of drug-likeness (QED) is 0.613. The SMILES string of the molecule is CCc1ccccc1N(C(=S)S)c1ccccc1CC. The third-order valence-corrected chi connectivity index (χ3v) is 3.80. The van der Waals surface area contributed by atoms with Gasteiger partial charge in [0.05, 0.1) is 11.4 Å². The van der Waals surface area contributed by atoms with Gasteiger partial charge in [0.15, 0.2) is 0 Å². The van der Waals surface area contributed by atoms with Gasteiger partial charge >= 0.3 is 0 Å². The molecule has 2 aromatic rings. The molecule has 0 aliphatic rings. The molecule has 0 bridgehead atoms. The third kappa shape index (κ3) is 3.05. The topological polar surface area (TPSA) is 3.24 Å². The van der Waals surface area contributed by atoms with Crippen molar-refractivity contribution in [2.45, 2.75) is 26.7 Å². The first kappa shape index (κ1) is 15.1. The Morgan fingerprint density at radius 2 is 1.30 bits per heavy atom. The van der Waals surface area contributed by atoms with Gasteiger partial charge in [0.2, 0.25) is 0 Å². The van der Waals surface area contributed by atoms with E-state index in [1.165, 1.54) is 11.1 Å². The zero-order chi connectivity index (χ0) is 14.5. The molecule has 0 aromatic heterocycles. The predicted octanol–water partition coefficient (Wildman–Crippen LogP) is 5.16. The first-order valence-electron chi connectivity index (χ1n) is 6.87. The van der Waals surface area contributed by atoms with Crippen molar-refractivity contribution in [1.82, 2.24) is 0 Å². The molecule has 0 heterocycles. The summed E-state index contributed by atoms with van der Waals surface area (Å²) in [5.74, 6) is 0. The smallest absolute Gasteiger partial charge is 0.142 e. The Balaban J connectivity index is 2.60. The summed E-state index contributed by atoms with van der Waals surface area (Å²) in [6.07, 6.45) is 1.94. The number of benzene rings is 2. The van der Waals surface area contributed by atoms with E-state index < -0.39 is 0 Å². The molecule has 0 unspecified atom stereocenters. The fourth-order valence-electron chi connectivity index (χ4n) is 2.39. The van der Waals surface area contributed by atoms with Crippen molar-refractivity contribution in [3.63, 3.8) is 0 Å². The molecular weight excluding hydrogens is 282 g/mol. The zero-order valence-corrected chi connectivity index (χ0v) is 13.5. The lowest BCUT2D eigenvalue weighted by atomic mass is 10.1. The minimum atomic E-state index is 0.576. The van der Waals surface area contributed by atoms with Crippen LogP contribution in [0.4, 0.5) is 11.4 Å². The number of anilines is 2. The van der Waals surface area contributed by atoms with E-state index in [1.54, 1.807) is 0 Å². The van der Waals surface area contributed by atoms with Crippen LogP contribution in [0.5, 0.6) is 0 Å². The lowest BCUT2D eigenvalue weighted by Crippen LogP contribution is -2.22. The summed E-state index contributed by atoms with van der Waals surface area (Å²) < 4.78 is 0.576. The number of aryl methyl sites for hydroxylation is 2. The Labute approximate surface area is 132 Å². The van der Waals surface area contributed by atoms with Crippen LogP contribution in [0.2, 0.25) is 0 Å². The maximum atomic E-state index is 5.39. The number of hydrogen-bond donors (Lipinski definition) is 1. The molecule has 2 rings (SSSR count). The Bertz CT molecular complexity index is 560. The van der Waals surface area contributed by atoms with Crippen LogP contribution >= 0.6 is 24.8 Å². The van der Waals surface area contributed by atoms with Crippen molar-refractivity contribution in [3.8, 4) is 0 Å². The lowest BCUT2D eigenvalue weighted by Gasteiger charge is -2.27. The maximum absolute atomic E-state index is 5.39. The van der Waals surface area contributed by atoms with E-state index in [0.717, 1.165) is 24.2 Å². The number of para-hydroxylation sites is 2. The second-order valence-corrected chi connectivity index (χ2v) is 5.70. The van der Waals surface area contributed by atoms with Crippen molar-refractivity contribution in [1.29, 1.82) is 0 Å². The molecule has 0 N–H and O–H groups in total. The molecule has 0 radical (unpaired) electrons. The van der Waals surface area contributed by atoms with E-state index in [9.17, 15) is 0 Å². The van der Waals surface area contributed by atoms with Gasteiger partial charge in [0.1, 0.15) is 4.32 Å². The number of nitrogens with zero attached hydrogens (tertiary/aromatic N) is 1.